The highest BCUT2D eigenvalue weighted by Crippen LogP contribution is 2.33. The van der Waals surface area contributed by atoms with Crippen molar-refractivity contribution in [2.45, 2.75) is 18.6 Å². The number of carbonyl (C=O) groups is 2. The van der Waals surface area contributed by atoms with Gasteiger partial charge in [-0.25, -0.2) is 4.99 Å². The summed E-state index contributed by atoms with van der Waals surface area (Å²) in [6, 6.07) is 14.6. The highest BCUT2D eigenvalue weighted by Gasteiger charge is 2.38. The van der Waals surface area contributed by atoms with Gasteiger partial charge in [0, 0.05) is 23.7 Å². The van der Waals surface area contributed by atoms with Gasteiger partial charge in [-0.3, -0.25) is 14.5 Å². The molecule has 3 rings (SSSR count). The molecule has 1 atom stereocenters. The van der Waals surface area contributed by atoms with Crippen LogP contribution in [0.4, 0.5) is 11.4 Å². The van der Waals surface area contributed by atoms with E-state index in [0.29, 0.717) is 28.1 Å². The Morgan fingerprint density at radius 2 is 2.07 bits per heavy atom. The molecular weight excluding hydrogens is 394 g/mol. The molecule has 1 aliphatic heterocycles. The average Bonchev–Trinajstić information content (AvgIpc) is 2.94. The molecule has 7 heteroatoms. The number of amidine groups is 1. The molecule has 1 N–H and O–H groups in total. The first-order valence-corrected chi connectivity index (χ1v) is 10.0. The fourth-order valence-electron chi connectivity index (χ4n) is 2.73. The second-order valence-corrected chi connectivity index (χ2v) is 7.89. The molecule has 1 saturated heterocycles. The van der Waals surface area contributed by atoms with Crippen LogP contribution in [0.5, 0.6) is 0 Å². The first-order chi connectivity index (χ1) is 13.5. The van der Waals surface area contributed by atoms with Crippen LogP contribution < -0.4 is 5.32 Å². The zero-order valence-electron chi connectivity index (χ0n) is 15.4. The lowest BCUT2D eigenvalue weighted by Gasteiger charge is -2.14. The Balaban J connectivity index is 1.78. The van der Waals surface area contributed by atoms with Gasteiger partial charge in [0.1, 0.15) is 5.25 Å². The van der Waals surface area contributed by atoms with E-state index in [2.05, 4.69) is 16.9 Å². The molecule has 2 amide bonds. The summed E-state index contributed by atoms with van der Waals surface area (Å²) in [5.41, 5.74) is 2.36. The second-order valence-electron chi connectivity index (χ2n) is 6.29. The second kappa shape index (κ2) is 9.08. The minimum Gasteiger partial charge on any atom is -0.326 e. The number of thioether (sulfide) groups is 1. The number of nitrogens with zero attached hydrogens (tertiary/aromatic N) is 2. The number of nitrogens with one attached hydrogen (secondary N) is 1. The van der Waals surface area contributed by atoms with Crippen molar-refractivity contribution in [3.63, 3.8) is 0 Å². The van der Waals surface area contributed by atoms with Gasteiger partial charge in [-0.05, 0) is 36.8 Å². The summed E-state index contributed by atoms with van der Waals surface area (Å²) in [6.07, 6.45) is 1.71. The van der Waals surface area contributed by atoms with Gasteiger partial charge in [-0.1, -0.05) is 53.7 Å². The molecule has 0 aliphatic carbocycles. The molecule has 1 aliphatic rings. The number of halogens is 1. The van der Waals surface area contributed by atoms with E-state index < -0.39 is 5.25 Å². The maximum atomic E-state index is 12.8. The van der Waals surface area contributed by atoms with E-state index in [9.17, 15) is 9.59 Å². The minimum absolute atomic E-state index is 0.0690. The number of hydrogen-bond acceptors (Lipinski definition) is 4. The normalized spacial score (nSPS) is 17.8. The SMILES string of the molecule is C=CCN1C(=O)C(CC(=O)Nc2ccccc2)SC1=Nc1cc(Cl)ccc1C. The molecule has 5 nitrogen and oxygen atoms in total. The molecule has 1 unspecified atom stereocenters. The number of hydrogen-bond donors (Lipinski definition) is 1. The summed E-state index contributed by atoms with van der Waals surface area (Å²) in [4.78, 5) is 31.4. The van der Waals surface area contributed by atoms with E-state index in [1.165, 1.54) is 11.8 Å². The van der Waals surface area contributed by atoms with Crippen LogP contribution in [-0.2, 0) is 9.59 Å². The van der Waals surface area contributed by atoms with E-state index >= 15 is 0 Å². The number of amides is 2. The van der Waals surface area contributed by atoms with E-state index in [4.69, 9.17) is 11.6 Å². The van der Waals surface area contributed by atoms with E-state index in [1.54, 1.807) is 35.2 Å². The Morgan fingerprint density at radius 3 is 2.79 bits per heavy atom. The maximum absolute atomic E-state index is 12.8. The lowest BCUT2D eigenvalue weighted by molar-refractivity contribution is -0.127. The summed E-state index contributed by atoms with van der Waals surface area (Å²) in [5, 5.41) is 3.42. The lowest BCUT2D eigenvalue weighted by atomic mass is 10.2. The molecule has 0 aromatic heterocycles. The van der Waals surface area contributed by atoms with Gasteiger partial charge >= 0.3 is 0 Å². The van der Waals surface area contributed by atoms with Crippen LogP contribution in [0.25, 0.3) is 0 Å². The average molecular weight is 414 g/mol. The van der Waals surface area contributed by atoms with Crippen molar-refractivity contribution < 1.29 is 9.59 Å². The van der Waals surface area contributed by atoms with Crippen LogP contribution in [-0.4, -0.2) is 33.7 Å². The number of para-hydroxylation sites is 1. The lowest BCUT2D eigenvalue weighted by Crippen LogP contribution is -2.33. The highest BCUT2D eigenvalue weighted by atomic mass is 35.5. The molecule has 28 heavy (non-hydrogen) atoms. The Labute approximate surface area is 173 Å². The molecule has 0 spiro atoms. The molecule has 2 aromatic rings. The molecule has 0 saturated carbocycles. The van der Waals surface area contributed by atoms with Crippen LogP contribution in [0.3, 0.4) is 0 Å². The van der Waals surface area contributed by atoms with Gasteiger partial charge in [0.05, 0.1) is 5.69 Å². The molecule has 144 valence electrons. The van der Waals surface area contributed by atoms with E-state index in [-0.39, 0.29) is 18.2 Å². The molecule has 0 bridgehead atoms. The first-order valence-electron chi connectivity index (χ1n) is 8.76. The predicted molar refractivity (Wildman–Crippen MR) is 116 cm³/mol. The molecule has 1 fully saturated rings. The zero-order valence-corrected chi connectivity index (χ0v) is 17.0. The van der Waals surface area contributed by atoms with Crippen molar-refractivity contribution in [2.75, 3.05) is 11.9 Å². The standard InChI is InChI=1S/C21H20ClN3O2S/c1-3-11-25-20(27)18(13-19(26)23-16-7-5-4-6-8-16)28-21(25)24-17-12-15(22)10-9-14(17)2/h3-10,12,18H,1,11,13H2,2H3,(H,23,26). The fraction of sp³-hybridized carbons (Fsp3) is 0.190. The molecule has 1 heterocycles. The number of aryl methyl sites for hydroxylation is 1. The molecular formula is C21H20ClN3O2S. The van der Waals surface area contributed by atoms with Crippen LogP contribution in [0.2, 0.25) is 5.02 Å². The summed E-state index contributed by atoms with van der Waals surface area (Å²) >= 11 is 7.37. The van der Waals surface area contributed by atoms with Crippen molar-refractivity contribution in [1.82, 2.24) is 4.90 Å². The third-order valence-corrected chi connectivity index (χ3v) is 5.56. The van der Waals surface area contributed by atoms with E-state index in [0.717, 1.165) is 5.56 Å². The largest absolute Gasteiger partial charge is 0.326 e. The number of anilines is 1. The number of rotatable bonds is 6. The highest BCUT2D eigenvalue weighted by molar-refractivity contribution is 8.15. The monoisotopic (exact) mass is 413 g/mol. The van der Waals surface area contributed by atoms with Gasteiger partial charge in [0.15, 0.2) is 5.17 Å². The van der Waals surface area contributed by atoms with E-state index in [1.807, 2.05) is 31.2 Å². The van der Waals surface area contributed by atoms with Crippen molar-refractivity contribution >= 4 is 51.7 Å². The maximum Gasteiger partial charge on any atom is 0.242 e. The fourth-order valence-corrected chi connectivity index (χ4v) is 4.06. The summed E-state index contributed by atoms with van der Waals surface area (Å²) < 4.78 is 0. The number of aliphatic imine (C=N–C) groups is 1. The molecule has 0 radical (unpaired) electrons. The Kier molecular flexibility index (Phi) is 6.54. The Bertz CT molecular complexity index is 931. The van der Waals surface area contributed by atoms with Crippen LogP contribution >= 0.6 is 23.4 Å². The van der Waals surface area contributed by atoms with Crippen LogP contribution in [0, 0.1) is 6.92 Å². The zero-order chi connectivity index (χ0) is 20.1. The van der Waals surface area contributed by atoms with Crippen molar-refractivity contribution in [3.8, 4) is 0 Å². The molecule has 2 aromatic carbocycles. The van der Waals surface area contributed by atoms with Gasteiger partial charge in [0.25, 0.3) is 0 Å². The quantitative estimate of drug-likeness (QED) is 0.692. The van der Waals surface area contributed by atoms with Crippen LogP contribution in [0.1, 0.15) is 12.0 Å². The Hall–Kier alpha value is -2.57. The van der Waals surface area contributed by atoms with Gasteiger partial charge in [0.2, 0.25) is 11.8 Å². The predicted octanol–water partition coefficient (Wildman–Crippen LogP) is 4.79. The van der Waals surface area contributed by atoms with Crippen molar-refractivity contribution in [2.24, 2.45) is 4.99 Å². The number of carbonyl (C=O) groups excluding carboxylic acids is 2. The third-order valence-electron chi connectivity index (χ3n) is 4.15. The van der Waals surface area contributed by atoms with Crippen LogP contribution in [0.15, 0.2) is 66.2 Å². The Morgan fingerprint density at radius 1 is 1.32 bits per heavy atom. The summed E-state index contributed by atoms with van der Waals surface area (Å²) in [6.45, 7) is 5.98. The third kappa shape index (κ3) is 4.82. The van der Waals surface area contributed by atoms with Crippen molar-refractivity contribution in [1.29, 1.82) is 0 Å². The van der Waals surface area contributed by atoms with Gasteiger partial charge < -0.3 is 5.32 Å². The van der Waals surface area contributed by atoms with Gasteiger partial charge in [-0.2, -0.15) is 0 Å². The summed E-state index contributed by atoms with van der Waals surface area (Å²) in [7, 11) is 0. The summed E-state index contributed by atoms with van der Waals surface area (Å²) in [5.74, 6) is -0.359. The number of benzene rings is 2. The minimum atomic E-state index is -0.526. The topological polar surface area (TPSA) is 61.8 Å². The first kappa shape index (κ1) is 20.2. The smallest absolute Gasteiger partial charge is 0.242 e. The van der Waals surface area contributed by atoms with Crippen molar-refractivity contribution in [3.05, 3.63) is 71.8 Å². The van der Waals surface area contributed by atoms with Gasteiger partial charge in [-0.15, -0.1) is 6.58 Å².